The van der Waals surface area contributed by atoms with Gasteiger partial charge in [-0.25, -0.2) is 5.48 Å². The molecule has 1 aromatic carbocycles. The van der Waals surface area contributed by atoms with Gasteiger partial charge in [0, 0.05) is 36.8 Å². The topological polar surface area (TPSA) is 81.7 Å². The Kier molecular flexibility index (Phi) is 6.87. The van der Waals surface area contributed by atoms with Crippen molar-refractivity contribution in [2.75, 3.05) is 18.0 Å². The normalized spacial score (nSPS) is 19.2. The molecule has 1 heterocycles. The predicted molar refractivity (Wildman–Crippen MR) is 105 cm³/mol. The molecule has 2 aliphatic rings. The maximum absolute atomic E-state index is 12.5. The smallest absolute Gasteiger partial charge is 0.267 e. The van der Waals surface area contributed by atoms with Crippen LogP contribution in [0.5, 0.6) is 0 Å². The maximum atomic E-state index is 12.5. The van der Waals surface area contributed by atoms with E-state index in [0.29, 0.717) is 0 Å². The minimum absolute atomic E-state index is 0.209. The van der Waals surface area contributed by atoms with Crippen molar-refractivity contribution in [3.8, 4) is 0 Å². The molecule has 1 saturated heterocycles. The first-order valence-electron chi connectivity index (χ1n) is 9.94. The molecule has 1 aromatic rings. The van der Waals surface area contributed by atoms with Crippen LogP contribution >= 0.6 is 0 Å². The summed E-state index contributed by atoms with van der Waals surface area (Å²) in [5, 5.41) is 11.9. The zero-order chi connectivity index (χ0) is 19.1. The summed E-state index contributed by atoms with van der Waals surface area (Å²) in [5.41, 5.74) is 3.61. The number of hydrogen-bond acceptors (Lipinski definition) is 4. The molecule has 3 N–H and O–H groups in total. The summed E-state index contributed by atoms with van der Waals surface area (Å²) in [6, 6.07) is 8.15. The number of hydrogen-bond donors (Lipinski definition) is 3. The van der Waals surface area contributed by atoms with Crippen molar-refractivity contribution in [3.05, 3.63) is 35.9 Å². The van der Waals surface area contributed by atoms with E-state index >= 15 is 0 Å². The Bertz CT molecular complexity index is 675. The molecule has 27 heavy (non-hydrogen) atoms. The molecule has 2 fully saturated rings. The minimum Gasteiger partial charge on any atom is -0.371 e. The monoisotopic (exact) mass is 371 g/mol. The molecule has 0 bridgehead atoms. The van der Waals surface area contributed by atoms with Crippen molar-refractivity contribution in [1.29, 1.82) is 0 Å². The second-order valence-corrected chi connectivity index (χ2v) is 7.47. The molecule has 6 nitrogen and oxygen atoms in total. The van der Waals surface area contributed by atoms with E-state index in [1.165, 1.54) is 25.3 Å². The summed E-state index contributed by atoms with van der Waals surface area (Å²) in [6.07, 6.45) is 10.5. The number of rotatable bonds is 5. The van der Waals surface area contributed by atoms with Crippen molar-refractivity contribution >= 4 is 23.6 Å². The highest BCUT2D eigenvalue weighted by Gasteiger charge is 2.26. The second kappa shape index (κ2) is 9.55. The Morgan fingerprint density at radius 3 is 2.44 bits per heavy atom. The number of nitrogens with zero attached hydrogens (tertiary/aromatic N) is 1. The van der Waals surface area contributed by atoms with E-state index in [0.717, 1.165) is 50.0 Å². The molecule has 6 heteroatoms. The van der Waals surface area contributed by atoms with Gasteiger partial charge in [0.1, 0.15) is 0 Å². The lowest BCUT2D eigenvalue weighted by atomic mass is 9.88. The lowest BCUT2D eigenvalue weighted by Gasteiger charge is -2.35. The van der Waals surface area contributed by atoms with Crippen LogP contribution < -0.4 is 15.7 Å². The minimum atomic E-state index is -0.547. The van der Waals surface area contributed by atoms with Crippen LogP contribution in [0, 0.1) is 5.92 Å². The van der Waals surface area contributed by atoms with Crippen LogP contribution in [0.15, 0.2) is 30.3 Å². The number of carbonyl (C=O) groups excluding carboxylic acids is 2. The molecule has 2 amide bonds. The van der Waals surface area contributed by atoms with Gasteiger partial charge in [0.25, 0.3) is 5.91 Å². The summed E-state index contributed by atoms with van der Waals surface area (Å²) in [6.45, 7) is 1.74. The van der Waals surface area contributed by atoms with E-state index in [1.54, 1.807) is 11.6 Å². The maximum Gasteiger partial charge on any atom is 0.267 e. The molecule has 146 valence electrons. The fourth-order valence-electron chi connectivity index (χ4n) is 4.07. The Hall–Kier alpha value is -2.34. The Morgan fingerprint density at radius 1 is 1.04 bits per heavy atom. The van der Waals surface area contributed by atoms with Crippen LogP contribution in [-0.4, -0.2) is 36.2 Å². The predicted octanol–water partition coefficient (Wildman–Crippen LogP) is 2.87. The zero-order valence-electron chi connectivity index (χ0n) is 15.7. The molecule has 0 aromatic heterocycles. The highest BCUT2D eigenvalue weighted by Crippen LogP contribution is 2.27. The number of carbonyl (C=O) groups is 2. The number of hydroxylamine groups is 1. The van der Waals surface area contributed by atoms with Crippen LogP contribution in [-0.2, 0) is 9.59 Å². The van der Waals surface area contributed by atoms with E-state index < -0.39 is 5.91 Å². The highest BCUT2D eigenvalue weighted by molar-refractivity contribution is 5.91. The number of benzene rings is 1. The average molecular weight is 371 g/mol. The van der Waals surface area contributed by atoms with Gasteiger partial charge >= 0.3 is 0 Å². The number of anilines is 1. The summed E-state index contributed by atoms with van der Waals surface area (Å²) in [7, 11) is 0. The summed E-state index contributed by atoms with van der Waals surface area (Å²) in [5.74, 6) is -0.0965. The van der Waals surface area contributed by atoms with E-state index in [-0.39, 0.29) is 17.9 Å². The highest BCUT2D eigenvalue weighted by atomic mass is 16.5. The summed E-state index contributed by atoms with van der Waals surface area (Å²) >= 11 is 0. The first-order valence-corrected chi connectivity index (χ1v) is 9.94. The van der Waals surface area contributed by atoms with Gasteiger partial charge in [-0.2, -0.15) is 0 Å². The van der Waals surface area contributed by atoms with Gasteiger partial charge in [-0.15, -0.1) is 0 Å². The molecule has 1 aliphatic heterocycles. The largest absolute Gasteiger partial charge is 0.371 e. The van der Waals surface area contributed by atoms with Crippen LogP contribution in [0.3, 0.4) is 0 Å². The van der Waals surface area contributed by atoms with Gasteiger partial charge in [-0.3, -0.25) is 14.8 Å². The van der Waals surface area contributed by atoms with E-state index in [9.17, 15) is 9.59 Å². The third-order valence-electron chi connectivity index (χ3n) is 5.62. The number of para-hydroxylation sites is 1. The van der Waals surface area contributed by atoms with Crippen LogP contribution in [0.1, 0.15) is 50.5 Å². The van der Waals surface area contributed by atoms with Crippen molar-refractivity contribution in [2.45, 2.75) is 51.0 Å². The Morgan fingerprint density at radius 2 is 1.74 bits per heavy atom. The third-order valence-corrected chi connectivity index (χ3v) is 5.62. The van der Waals surface area contributed by atoms with Gasteiger partial charge in [-0.1, -0.05) is 37.5 Å². The Balaban J connectivity index is 1.55. The number of piperidine rings is 1. The standard InChI is InChI=1S/C21H29N3O3/c25-20(23-27)11-10-16-6-4-5-9-19(16)24-14-12-18(13-15-24)22-21(26)17-7-2-1-3-8-17/h4-6,9-11,17-18,27H,1-3,7-8,12-15H2,(H,22,26)(H,23,25). The second-order valence-electron chi connectivity index (χ2n) is 7.47. The Labute approximate surface area is 160 Å². The fourth-order valence-corrected chi connectivity index (χ4v) is 4.07. The van der Waals surface area contributed by atoms with Gasteiger partial charge < -0.3 is 10.2 Å². The van der Waals surface area contributed by atoms with Crippen molar-refractivity contribution < 1.29 is 14.8 Å². The molecular formula is C21H29N3O3. The fraction of sp³-hybridized carbons (Fsp3) is 0.524. The third kappa shape index (κ3) is 5.32. The van der Waals surface area contributed by atoms with Crippen LogP contribution in [0.25, 0.3) is 6.08 Å². The first-order chi connectivity index (χ1) is 13.2. The summed E-state index contributed by atoms with van der Waals surface area (Å²) in [4.78, 5) is 26.0. The van der Waals surface area contributed by atoms with Gasteiger partial charge in [-0.05, 0) is 43.4 Å². The molecule has 1 saturated carbocycles. The van der Waals surface area contributed by atoms with E-state index in [1.807, 2.05) is 24.3 Å². The summed E-state index contributed by atoms with van der Waals surface area (Å²) < 4.78 is 0. The molecular weight excluding hydrogens is 342 g/mol. The molecule has 0 unspecified atom stereocenters. The first kappa shape index (κ1) is 19.4. The van der Waals surface area contributed by atoms with Crippen molar-refractivity contribution in [2.24, 2.45) is 5.92 Å². The van der Waals surface area contributed by atoms with Gasteiger partial charge in [0.15, 0.2) is 0 Å². The van der Waals surface area contributed by atoms with E-state index in [4.69, 9.17) is 5.21 Å². The molecule has 1 aliphatic carbocycles. The van der Waals surface area contributed by atoms with E-state index in [2.05, 4.69) is 10.2 Å². The average Bonchev–Trinajstić information content (AvgIpc) is 2.73. The van der Waals surface area contributed by atoms with Crippen LogP contribution in [0.2, 0.25) is 0 Å². The molecule has 0 radical (unpaired) electrons. The van der Waals surface area contributed by atoms with Crippen molar-refractivity contribution in [3.63, 3.8) is 0 Å². The van der Waals surface area contributed by atoms with Gasteiger partial charge in [0.05, 0.1) is 0 Å². The van der Waals surface area contributed by atoms with Crippen molar-refractivity contribution in [1.82, 2.24) is 10.8 Å². The zero-order valence-corrected chi connectivity index (χ0v) is 15.7. The molecule has 0 spiro atoms. The SMILES string of the molecule is O=C(C=Cc1ccccc1N1CCC(NC(=O)C2CCCCC2)CC1)NO. The molecule has 0 atom stereocenters. The quantitative estimate of drug-likeness (QED) is 0.422. The van der Waals surface area contributed by atoms with Crippen LogP contribution in [0.4, 0.5) is 5.69 Å². The molecule has 3 rings (SSSR count). The lowest BCUT2D eigenvalue weighted by molar-refractivity contribution is -0.127. The number of nitrogens with one attached hydrogen (secondary N) is 2. The van der Waals surface area contributed by atoms with Gasteiger partial charge in [0.2, 0.25) is 5.91 Å². The number of amides is 2. The lowest BCUT2D eigenvalue weighted by Crippen LogP contribution is -2.46.